The Morgan fingerprint density at radius 3 is 2.93 bits per heavy atom. The number of hydrogen-bond donors (Lipinski definition) is 1. The van der Waals surface area contributed by atoms with Crippen molar-refractivity contribution in [2.24, 2.45) is 0 Å². The Morgan fingerprint density at radius 1 is 1.43 bits per heavy atom. The van der Waals surface area contributed by atoms with Gasteiger partial charge in [-0.25, -0.2) is 0 Å². The van der Waals surface area contributed by atoms with Crippen LogP contribution in [0.3, 0.4) is 0 Å². The topological polar surface area (TPSA) is 39.1 Å². The molecule has 0 saturated carbocycles. The Kier molecular flexibility index (Phi) is 5.07. The summed E-state index contributed by atoms with van der Waals surface area (Å²) in [5, 5.41) is 7.39. The summed E-state index contributed by atoms with van der Waals surface area (Å²) in [6, 6.07) is 0. The van der Waals surface area contributed by atoms with Crippen LogP contribution >= 0.6 is 0 Å². The van der Waals surface area contributed by atoms with Gasteiger partial charge in [0.05, 0.1) is 12.4 Å². The second kappa shape index (κ2) is 6.43. The number of hydrogen-bond acceptors (Lipinski definition) is 3. The fourth-order valence-electron chi connectivity index (χ4n) is 1.13. The van der Waals surface area contributed by atoms with Gasteiger partial charge in [0.15, 0.2) is 5.75 Å². The van der Waals surface area contributed by atoms with Crippen molar-refractivity contribution >= 4 is 0 Å². The molecule has 4 nitrogen and oxygen atoms in total. The normalized spacial score (nSPS) is 10.4. The maximum atomic E-state index is 5.49. The van der Waals surface area contributed by atoms with Crippen LogP contribution in [-0.2, 0) is 6.54 Å². The van der Waals surface area contributed by atoms with E-state index in [2.05, 4.69) is 24.3 Å². The molecule has 0 aromatic carbocycles. The molecule has 0 saturated heterocycles. The Balaban J connectivity index is 2.12. The average Bonchev–Trinajstić information content (AvgIpc) is 2.65. The molecule has 0 aliphatic rings. The predicted octanol–water partition coefficient (Wildman–Crippen LogP) is 1.28. The smallest absolute Gasteiger partial charge is 0.157 e. The van der Waals surface area contributed by atoms with Crippen LogP contribution in [0.1, 0.15) is 20.3 Å². The highest BCUT2D eigenvalue weighted by Gasteiger charge is 1.96. The molecule has 14 heavy (non-hydrogen) atoms. The zero-order chi connectivity index (χ0) is 10.2. The van der Waals surface area contributed by atoms with Crippen molar-refractivity contribution in [2.75, 3.05) is 19.7 Å². The van der Waals surface area contributed by atoms with E-state index in [1.165, 1.54) is 0 Å². The zero-order valence-electron chi connectivity index (χ0n) is 8.99. The third-order valence-electron chi connectivity index (χ3n) is 1.91. The molecule has 0 spiro atoms. The molecule has 0 atom stereocenters. The molecular formula is C10H19N3O. The molecule has 0 aliphatic carbocycles. The van der Waals surface area contributed by atoms with Crippen molar-refractivity contribution < 1.29 is 4.74 Å². The average molecular weight is 197 g/mol. The molecule has 1 heterocycles. The number of ether oxygens (including phenoxy) is 1. The summed E-state index contributed by atoms with van der Waals surface area (Å²) >= 11 is 0. The zero-order valence-corrected chi connectivity index (χ0v) is 8.99. The molecule has 0 fully saturated rings. The predicted molar refractivity (Wildman–Crippen MR) is 56.6 cm³/mol. The van der Waals surface area contributed by atoms with Crippen molar-refractivity contribution in [3.8, 4) is 5.75 Å². The lowest BCUT2D eigenvalue weighted by molar-refractivity contribution is 0.314. The number of rotatable bonds is 7. The van der Waals surface area contributed by atoms with Crippen LogP contribution in [0.2, 0.25) is 0 Å². The van der Waals surface area contributed by atoms with Crippen LogP contribution in [-0.4, -0.2) is 29.5 Å². The van der Waals surface area contributed by atoms with Gasteiger partial charge in [0, 0.05) is 13.1 Å². The Morgan fingerprint density at radius 2 is 2.29 bits per heavy atom. The van der Waals surface area contributed by atoms with Gasteiger partial charge >= 0.3 is 0 Å². The molecule has 0 aliphatic heterocycles. The van der Waals surface area contributed by atoms with Crippen LogP contribution in [0.4, 0.5) is 0 Å². The maximum absolute atomic E-state index is 5.49. The highest BCUT2D eigenvalue weighted by molar-refractivity contribution is 5.11. The van der Waals surface area contributed by atoms with E-state index in [1.807, 2.05) is 10.9 Å². The SMILES string of the molecule is CCCNCCOc1cnn(CC)c1. The van der Waals surface area contributed by atoms with Gasteiger partial charge in [0.1, 0.15) is 6.61 Å². The maximum Gasteiger partial charge on any atom is 0.157 e. The van der Waals surface area contributed by atoms with Gasteiger partial charge in [0.2, 0.25) is 0 Å². The van der Waals surface area contributed by atoms with Gasteiger partial charge in [-0.3, -0.25) is 4.68 Å². The molecule has 0 bridgehead atoms. The molecule has 80 valence electrons. The van der Waals surface area contributed by atoms with E-state index in [-0.39, 0.29) is 0 Å². The summed E-state index contributed by atoms with van der Waals surface area (Å²) in [5.74, 6) is 0.852. The standard InChI is InChI=1S/C10H19N3O/c1-3-5-11-6-7-14-10-8-12-13(4-2)9-10/h8-9,11H,3-7H2,1-2H3. The Bertz CT molecular complexity index is 247. The molecular weight excluding hydrogens is 178 g/mol. The fraction of sp³-hybridized carbons (Fsp3) is 0.700. The minimum atomic E-state index is 0.704. The summed E-state index contributed by atoms with van der Waals surface area (Å²) in [5.41, 5.74) is 0. The molecule has 1 N–H and O–H groups in total. The largest absolute Gasteiger partial charge is 0.489 e. The quantitative estimate of drug-likeness (QED) is 0.669. The van der Waals surface area contributed by atoms with Gasteiger partial charge in [-0.1, -0.05) is 6.92 Å². The van der Waals surface area contributed by atoms with E-state index in [0.717, 1.165) is 31.8 Å². The lowest BCUT2D eigenvalue weighted by atomic mass is 10.5. The fourth-order valence-corrected chi connectivity index (χ4v) is 1.13. The monoisotopic (exact) mass is 197 g/mol. The lowest BCUT2D eigenvalue weighted by Gasteiger charge is -2.03. The van der Waals surface area contributed by atoms with Crippen LogP contribution < -0.4 is 10.1 Å². The molecule has 4 heteroatoms. The van der Waals surface area contributed by atoms with Crippen molar-refractivity contribution in [3.05, 3.63) is 12.4 Å². The van der Waals surface area contributed by atoms with Crippen LogP contribution in [0.25, 0.3) is 0 Å². The van der Waals surface area contributed by atoms with Gasteiger partial charge in [-0.15, -0.1) is 0 Å². The summed E-state index contributed by atoms with van der Waals surface area (Å²) in [6.45, 7) is 7.74. The molecule has 0 radical (unpaired) electrons. The first-order valence-electron chi connectivity index (χ1n) is 5.22. The van der Waals surface area contributed by atoms with Gasteiger partial charge in [-0.05, 0) is 19.9 Å². The molecule has 0 unspecified atom stereocenters. The van der Waals surface area contributed by atoms with Crippen molar-refractivity contribution in [3.63, 3.8) is 0 Å². The van der Waals surface area contributed by atoms with E-state index >= 15 is 0 Å². The summed E-state index contributed by atoms with van der Waals surface area (Å²) in [6.07, 6.45) is 4.83. The van der Waals surface area contributed by atoms with Gasteiger partial charge in [0.25, 0.3) is 0 Å². The van der Waals surface area contributed by atoms with Gasteiger partial charge in [-0.2, -0.15) is 5.10 Å². The minimum absolute atomic E-state index is 0.704. The summed E-state index contributed by atoms with van der Waals surface area (Å²) in [7, 11) is 0. The van der Waals surface area contributed by atoms with E-state index < -0.39 is 0 Å². The third-order valence-corrected chi connectivity index (χ3v) is 1.91. The first kappa shape index (κ1) is 11.0. The number of aromatic nitrogens is 2. The summed E-state index contributed by atoms with van der Waals surface area (Å²) in [4.78, 5) is 0. The Labute approximate surface area is 85.3 Å². The van der Waals surface area contributed by atoms with Gasteiger partial charge < -0.3 is 10.1 Å². The van der Waals surface area contributed by atoms with Crippen LogP contribution in [0, 0.1) is 0 Å². The van der Waals surface area contributed by atoms with E-state index in [1.54, 1.807) is 6.20 Å². The number of nitrogens with zero attached hydrogens (tertiary/aromatic N) is 2. The third kappa shape index (κ3) is 3.79. The highest BCUT2D eigenvalue weighted by Crippen LogP contribution is 2.06. The minimum Gasteiger partial charge on any atom is -0.489 e. The number of nitrogens with one attached hydrogen (secondary N) is 1. The molecule has 1 rings (SSSR count). The Hall–Kier alpha value is -1.03. The van der Waals surface area contributed by atoms with Crippen molar-refractivity contribution in [1.82, 2.24) is 15.1 Å². The summed E-state index contributed by atoms with van der Waals surface area (Å²) < 4.78 is 7.35. The van der Waals surface area contributed by atoms with Crippen molar-refractivity contribution in [1.29, 1.82) is 0 Å². The highest BCUT2D eigenvalue weighted by atomic mass is 16.5. The molecule has 1 aromatic rings. The van der Waals surface area contributed by atoms with E-state index in [0.29, 0.717) is 6.61 Å². The van der Waals surface area contributed by atoms with Crippen LogP contribution in [0.15, 0.2) is 12.4 Å². The van der Waals surface area contributed by atoms with Crippen molar-refractivity contribution in [2.45, 2.75) is 26.8 Å². The lowest BCUT2D eigenvalue weighted by Crippen LogP contribution is -2.21. The second-order valence-corrected chi connectivity index (χ2v) is 3.13. The van der Waals surface area contributed by atoms with E-state index in [9.17, 15) is 0 Å². The van der Waals surface area contributed by atoms with Crippen LogP contribution in [0.5, 0.6) is 5.75 Å². The first-order chi connectivity index (χ1) is 6.86. The first-order valence-corrected chi connectivity index (χ1v) is 5.22. The number of aryl methyl sites for hydroxylation is 1. The molecule has 1 aromatic heterocycles. The molecule has 0 amide bonds. The van der Waals surface area contributed by atoms with E-state index in [4.69, 9.17) is 4.74 Å². The second-order valence-electron chi connectivity index (χ2n) is 3.13.